The summed E-state index contributed by atoms with van der Waals surface area (Å²) in [5.41, 5.74) is 5.02. The van der Waals surface area contributed by atoms with E-state index in [0.29, 0.717) is 6.61 Å². The van der Waals surface area contributed by atoms with Gasteiger partial charge >= 0.3 is 0 Å². The third-order valence-electron chi connectivity index (χ3n) is 5.84. The molecule has 1 fully saturated rings. The van der Waals surface area contributed by atoms with Crippen LogP contribution >= 0.6 is 0 Å². The molecule has 4 heteroatoms. The molecule has 0 amide bonds. The largest absolute Gasteiger partial charge is 0.494 e. The van der Waals surface area contributed by atoms with Crippen molar-refractivity contribution in [3.05, 3.63) is 101 Å². The van der Waals surface area contributed by atoms with Crippen LogP contribution in [0.5, 0.6) is 5.75 Å². The van der Waals surface area contributed by atoms with Crippen LogP contribution in [0.1, 0.15) is 41.8 Å². The Morgan fingerprint density at radius 1 is 0.871 bits per heavy atom. The molecule has 0 aliphatic carbocycles. The SMILES string of the molecule is CCOc1ccc([C@@H]2N(Cc3ccc(F)cc3)CCCN2Cc2cccc(C)c2)cc1. The highest BCUT2D eigenvalue weighted by Gasteiger charge is 2.30. The molecule has 3 aromatic carbocycles. The number of rotatable bonds is 7. The molecule has 0 spiro atoms. The van der Waals surface area contributed by atoms with E-state index in [2.05, 4.69) is 65.3 Å². The third kappa shape index (κ3) is 5.52. The summed E-state index contributed by atoms with van der Waals surface area (Å²) in [5.74, 6) is 0.712. The maximum atomic E-state index is 13.4. The summed E-state index contributed by atoms with van der Waals surface area (Å²) < 4.78 is 19.1. The fraction of sp³-hybridized carbons (Fsp3) is 0.333. The Bertz CT molecular complexity index is 971. The molecule has 0 bridgehead atoms. The van der Waals surface area contributed by atoms with Crippen LogP contribution in [0.25, 0.3) is 0 Å². The fourth-order valence-electron chi connectivity index (χ4n) is 4.48. The van der Waals surface area contributed by atoms with Gasteiger partial charge in [0.05, 0.1) is 12.8 Å². The van der Waals surface area contributed by atoms with Gasteiger partial charge in [-0.05, 0) is 61.2 Å². The summed E-state index contributed by atoms with van der Waals surface area (Å²) in [6, 6.07) is 24.1. The van der Waals surface area contributed by atoms with Crippen molar-refractivity contribution >= 4 is 0 Å². The predicted octanol–water partition coefficient (Wildman–Crippen LogP) is 5.94. The van der Waals surface area contributed by atoms with Gasteiger partial charge < -0.3 is 4.74 Å². The molecule has 0 N–H and O–H groups in total. The lowest BCUT2D eigenvalue weighted by atomic mass is 10.0. The highest BCUT2D eigenvalue weighted by molar-refractivity contribution is 5.30. The molecule has 3 aromatic rings. The number of hydrogen-bond acceptors (Lipinski definition) is 3. The first-order valence-corrected chi connectivity index (χ1v) is 11.1. The van der Waals surface area contributed by atoms with E-state index in [1.807, 2.05) is 19.1 Å². The van der Waals surface area contributed by atoms with E-state index in [1.54, 1.807) is 12.1 Å². The molecule has 31 heavy (non-hydrogen) atoms. The fourth-order valence-corrected chi connectivity index (χ4v) is 4.48. The lowest BCUT2D eigenvalue weighted by molar-refractivity contribution is -0.00913. The van der Waals surface area contributed by atoms with Crippen LogP contribution in [-0.4, -0.2) is 29.5 Å². The average molecular weight is 419 g/mol. The second kappa shape index (κ2) is 10.1. The molecule has 0 unspecified atom stereocenters. The standard InChI is InChI=1S/C27H31FN2O/c1-3-31-26-14-10-24(11-15-26)27-29(19-22-8-12-25(28)13-9-22)16-5-17-30(27)20-23-7-4-6-21(2)18-23/h4,6-15,18,27H,3,5,16-17,19-20H2,1-2H3/t27-/m1/s1. The van der Waals surface area contributed by atoms with Gasteiger partial charge in [0.2, 0.25) is 0 Å². The maximum absolute atomic E-state index is 13.4. The maximum Gasteiger partial charge on any atom is 0.123 e. The van der Waals surface area contributed by atoms with Crippen molar-refractivity contribution in [2.24, 2.45) is 0 Å². The first kappa shape index (κ1) is 21.5. The molecule has 1 atom stereocenters. The summed E-state index contributed by atoms with van der Waals surface area (Å²) in [4.78, 5) is 5.06. The minimum atomic E-state index is -0.188. The summed E-state index contributed by atoms with van der Waals surface area (Å²) in [6.45, 7) is 8.57. The van der Waals surface area contributed by atoms with Crippen molar-refractivity contribution < 1.29 is 9.13 Å². The van der Waals surface area contributed by atoms with Gasteiger partial charge in [-0.15, -0.1) is 0 Å². The van der Waals surface area contributed by atoms with E-state index in [9.17, 15) is 4.39 Å². The van der Waals surface area contributed by atoms with E-state index in [-0.39, 0.29) is 12.0 Å². The number of nitrogens with zero attached hydrogens (tertiary/aromatic N) is 2. The van der Waals surface area contributed by atoms with Gasteiger partial charge in [0.15, 0.2) is 0 Å². The van der Waals surface area contributed by atoms with Crippen LogP contribution in [0.2, 0.25) is 0 Å². The normalized spacial score (nSPS) is 17.6. The monoisotopic (exact) mass is 418 g/mol. The summed E-state index contributed by atoms with van der Waals surface area (Å²) in [5, 5.41) is 0. The summed E-state index contributed by atoms with van der Waals surface area (Å²) >= 11 is 0. The first-order chi connectivity index (χ1) is 15.1. The zero-order valence-corrected chi connectivity index (χ0v) is 18.4. The Kier molecular flexibility index (Phi) is 7.00. The summed E-state index contributed by atoms with van der Waals surface area (Å²) in [6.07, 6.45) is 1.27. The van der Waals surface area contributed by atoms with Crippen LogP contribution in [0.4, 0.5) is 4.39 Å². The van der Waals surface area contributed by atoms with E-state index in [0.717, 1.165) is 43.9 Å². The van der Waals surface area contributed by atoms with Gasteiger partial charge in [-0.2, -0.15) is 0 Å². The quantitative estimate of drug-likeness (QED) is 0.472. The van der Waals surface area contributed by atoms with Crippen molar-refractivity contribution in [2.45, 2.75) is 39.5 Å². The molecule has 3 nitrogen and oxygen atoms in total. The number of ether oxygens (including phenoxy) is 1. The van der Waals surface area contributed by atoms with Crippen LogP contribution in [-0.2, 0) is 13.1 Å². The number of aryl methyl sites for hydroxylation is 1. The van der Waals surface area contributed by atoms with Gasteiger partial charge in [0, 0.05) is 26.2 Å². The molecule has 0 aromatic heterocycles. The van der Waals surface area contributed by atoms with Crippen LogP contribution in [0, 0.1) is 12.7 Å². The Balaban J connectivity index is 1.62. The predicted molar refractivity (Wildman–Crippen MR) is 123 cm³/mol. The van der Waals surface area contributed by atoms with Crippen molar-refractivity contribution in [1.29, 1.82) is 0 Å². The van der Waals surface area contributed by atoms with Crippen molar-refractivity contribution in [2.75, 3.05) is 19.7 Å². The van der Waals surface area contributed by atoms with Crippen LogP contribution in [0.3, 0.4) is 0 Å². The van der Waals surface area contributed by atoms with E-state index < -0.39 is 0 Å². The third-order valence-corrected chi connectivity index (χ3v) is 5.84. The molecular weight excluding hydrogens is 387 g/mol. The van der Waals surface area contributed by atoms with Gasteiger partial charge in [0.25, 0.3) is 0 Å². The Hall–Kier alpha value is -2.69. The number of hydrogen-bond donors (Lipinski definition) is 0. The van der Waals surface area contributed by atoms with Gasteiger partial charge in [0.1, 0.15) is 11.6 Å². The van der Waals surface area contributed by atoms with Crippen LogP contribution < -0.4 is 4.74 Å². The molecule has 1 heterocycles. The zero-order chi connectivity index (χ0) is 21.6. The molecule has 1 saturated heterocycles. The minimum Gasteiger partial charge on any atom is -0.494 e. The van der Waals surface area contributed by atoms with Crippen LogP contribution in [0.15, 0.2) is 72.8 Å². The van der Waals surface area contributed by atoms with Crippen molar-refractivity contribution in [3.63, 3.8) is 0 Å². The molecule has 0 saturated carbocycles. The molecular formula is C27H31FN2O. The smallest absolute Gasteiger partial charge is 0.123 e. The Morgan fingerprint density at radius 3 is 2.19 bits per heavy atom. The lowest BCUT2D eigenvalue weighted by Crippen LogP contribution is -2.46. The molecule has 4 rings (SSSR count). The van der Waals surface area contributed by atoms with Gasteiger partial charge in [-0.25, -0.2) is 4.39 Å². The van der Waals surface area contributed by atoms with Gasteiger partial charge in [-0.3, -0.25) is 9.80 Å². The number of benzene rings is 3. The minimum absolute atomic E-state index is 0.162. The van der Waals surface area contributed by atoms with Gasteiger partial charge in [-0.1, -0.05) is 54.1 Å². The summed E-state index contributed by atoms with van der Waals surface area (Å²) in [7, 11) is 0. The molecule has 0 radical (unpaired) electrons. The van der Waals surface area contributed by atoms with Crippen molar-refractivity contribution in [3.8, 4) is 5.75 Å². The second-order valence-corrected chi connectivity index (χ2v) is 8.29. The van der Waals surface area contributed by atoms with Crippen molar-refractivity contribution in [1.82, 2.24) is 9.80 Å². The van der Waals surface area contributed by atoms with E-state index >= 15 is 0 Å². The Labute approximate surface area is 185 Å². The molecule has 1 aliphatic heterocycles. The lowest BCUT2D eigenvalue weighted by Gasteiger charge is -2.44. The average Bonchev–Trinajstić information content (AvgIpc) is 2.77. The zero-order valence-electron chi connectivity index (χ0n) is 18.4. The molecule has 162 valence electrons. The second-order valence-electron chi connectivity index (χ2n) is 8.29. The van der Waals surface area contributed by atoms with E-state index in [4.69, 9.17) is 4.74 Å². The highest BCUT2D eigenvalue weighted by atomic mass is 19.1. The topological polar surface area (TPSA) is 15.7 Å². The molecule has 1 aliphatic rings. The Morgan fingerprint density at radius 2 is 1.55 bits per heavy atom. The van der Waals surface area contributed by atoms with E-state index in [1.165, 1.54) is 16.7 Å². The first-order valence-electron chi connectivity index (χ1n) is 11.1. The number of halogens is 1. The highest BCUT2D eigenvalue weighted by Crippen LogP contribution is 2.33.